The Morgan fingerprint density at radius 2 is 2.24 bits per heavy atom. The molecule has 6 heteroatoms. The third kappa shape index (κ3) is 4.30. The van der Waals surface area contributed by atoms with Crippen molar-refractivity contribution >= 4 is 5.91 Å². The lowest BCUT2D eigenvalue weighted by molar-refractivity contribution is -0.130. The highest BCUT2D eigenvalue weighted by molar-refractivity contribution is 5.78. The molecule has 1 N–H and O–H groups in total. The number of aromatic amines is 1. The van der Waals surface area contributed by atoms with Crippen LogP contribution in [0.1, 0.15) is 12.6 Å². The molecule has 1 aromatic heterocycles. The molecule has 0 atom stereocenters. The van der Waals surface area contributed by atoms with Crippen molar-refractivity contribution < 1.29 is 13.9 Å². The van der Waals surface area contributed by atoms with E-state index in [1.54, 1.807) is 35.6 Å². The Morgan fingerprint density at radius 1 is 1.43 bits per heavy atom. The third-order valence-corrected chi connectivity index (χ3v) is 3.09. The largest absolute Gasteiger partial charge is 0.489 e. The van der Waals surface area contributed by atoms with Crippen LogP contribution in [0.4, 0.5) is 4.39 Å². The molecule has 1 heterocycles. The zero-order valence-corrected chi connectivity index (χ0v) is 11.9. The number of rotatable bonds is 7. The van der Waals surface area contributed by atoms with Crippen LogP contribution in [-0.4, -0.2) is 40.5 Å². The molecule has 0 bridgehead atoms. The van der Waals surface area contributed by atoms with Crippen molar-refractivity contribution in [3.8, 4) is 5.75 Å². The predicted octanol–water partition coefficient (Wildman–Crippen LogP) is 2.02. The lowest BCUT2D eigenvalue weighted by atomic mass is 10.3. The van der Waals surface area contributed by atoms with Gasteiger partial charge in [0.15, 0.2) is 11.6 Å². The van der Waals surface area contributed by atoms with E-state index in [-0.39, 0.29) is 24.7 Å². The number of para-hydroxylation sites is 1. The highest BCUT2D eigenvalue weighted by Crippen LogP contribution is 2.15. The molecular weight excluding hydrogens is 273 g/mol. The number of amides is 1. The lowest BCUT2D eigenvalue weighted by Gasteiger charge is -2.20. The number of ether oxygens (including phenoxy) is 1. The van der Waals surface area contributed by atoms with Crippen LogP contribution in [0.15, 0.2) is 36.8 Å². The SMILES string of the molecule is CCN(CCOc1ccccc1F)C(=O)Cc1cnc[nH]1. The van der Waals surface area contributed by atoms with Crippen LogP contribution >= 0.6 is 0 Å². The number of nitrogens with one attached hydrogen (secondary N) is 1. The molecule has 2 rings (SSSR count). The first-order valence-corrected chi connectivity index (χ1v) is 6.83. The first kappa shape index (κ1) is 15.0. The second kappa shape index (κ2) is 7.42. The van der Waals surface area contributed by atoms with Gasteiger partial charge in [0.1, 0.15) is 6.61 Å². The summed E-state index contributed by atoms with van der Waals surface area (Å²) >= 11 is 0. The fourth-order valence-electron chi connectivity index (χ4n) is 1.94. The van der Waals surface area contributed by atoms with Crippen molar-refractivity contribution in [2.75, 3.05) is 19.7 Å². The number of carbonyl (C=O) groups is 1. The average molecular weight is 291 g/mol. The number of H-pyrrole nitrogens is 1. The highest BCUT2D eigenvalue weighted by Gasteiger charge is 2.13. The Bertz CT molecular complexity index is 572. The number of benzene rings is 1. The minimum absolute atomic E-state index is 0.0149. The molecule has 0 aliphatic rings. The number of likely N-dealkylation sites (N-methyl/N-ethyl adjacent to an activating group) is 1. The van der Waals surface area contributed by atoms with E-state index in [1.807, 2.05) is 6.92 Å². The van der Waals surface area contributed by atoms with Gasteiger partial charge in [0, 0.05) is 18.4 Å². The van der Waals surface area contributed by atoms with Crippen LogP contribution in [0.2, 0.25) is 0 Å². The van der Waals surface area contributed by atoms with Crippen molar-refractivity contribution in [3.05, 3.63) is 48.3 Å². The molecule has 0 fully saturated rings. The molecule has 1 aromatic carbocycles. The molecule has 2 aromatic rings. The van der Waals surface area contributed by atoms with Crippen molar-refractivity contribution in [1.82, 2.24) is 14.9 Å². The summed E-state index contributed by atoms with van der Waals surface area (Å²) in [6.45, 7) is 3.14. The van der Waals surface area contributed by atoms with Crippen LogP contribution in [0.5, 0.6) is 5.75 Å². The van der Waals surface area contributed by atoms with Gasteiger partial charge >= 0.3 is 0 Å². The molecular formula is C15H18FN3O2. The molecule has 112 valence electrons. The van der Waals surface area contributed by atoms with Gasteiger partial charge in [0.05, 0.1) is 19.3 Å². The smallest absolute Gasteiger partial charge is 0.228 e. The zero-order valence-electron chi connectivity index (χ0n) is 11.9. The summed E-state index contributed by atoms with van der Waals surface area (Å²) in [5.41, 5.74) is 0.772. The minimum Gasteiger partial charge on any atom is -0.489 e. The van der Waals surface area contributed by atoms with Gasteiger partial charge in [0.2, 0.25) is 5.91 Å². The highest BCUT2D eigenvalue weighted by atomic mass is 19.1. The first-order chi connectivity index (χ1) is 10.2. The summed E-state index contributed by atoms with van der Waals surface area (Å²) in [5, 5.41) is 0. The van der Waals surface area contributed by atoms with E-state index in [2.05, 4.69) is 9.97 Å². The molecule has 0 saturated heterocycles. The summed E-state index contributed by atoms with van der Waals surface area (Å²) in [5.74, 6) is -0.210. The standard InChI is InChI=1S/C15H18FN3O2/c1-2-19(15(20)9-12-10-17-11-18-12)7-8-21-14-6-4-3-5-13(14)16/h3-6,10-11H,2,7-9H2,1H3,(H,17,18). The van der Waals surface area contributed by atoms with Gasteiger partial charge < -0.3 is 14.6 Å². The second-order valence-corrected chi connectivity index (χ2v) is 4.51. The molecule has 0 unspecified atom stereocenters. The monoisotopic (exact) mass is 291 g/mol. The zero-order chi connectivity index (χ0) is 15.1. The summed E-state index contributed by atoms with van der Waals surface area (Å²) in [4.78, 5) is 20.5. The van der Waals surface area contributed by atoms with Gasteiger partial charge in [-0.1, -0.05) is 12.1 Å². The number of carbonyl (C=O) groups excluding carboxylic acids is 1. The van der Waals surface area contributed by atoms with E-state index in [9.17, 15) is 9.18 Å². The van der Waals surface area contributed by atoms with Gasteiger partial charge in [-0.2, -0.15) is 0 Å². The maximum absolute atomic E-state index is 13.4. The van der Waals surface area contributed by atoms with Crippen LogP contribution in [0.3, 0.4) is 0 Å². The van der Waals surface area contributed by atoms with Crippen LogP contribution in [0, 0.1) is 5.82 Å². The van der Waals surface area contributed by atoms with E-state index in [4.69, 9.17) is 4.74 Å². The summed E-state index contributed by atoms with van der Waals surface area (Å²) in [6, 6.07) is 6.22. The number of nitrogens with zero attached hydrogens (tertiary/aromatic N) is 2. The molecule has 0 spiro atoms. The fourth-order valence-corrected chi connectivity index (χ4v) is 1.94. The Labute approximate surface area is 122 Å². The third-order valence-electron chi connectivity index (χ3n) is 3.09. The van der Waals surface area contributed by atoms with Gasteiger partial charge in [0.25, 0.3) is 0 Å². The number of hydrogen-bond acceptors (Lipinski definition) is 3. The van der Waals surface area contributed by atoms with Crippen LogP contribution in [0.25, 0.3) is 0 Å². The number of hydrogen-bond donors (Lipinski definition) is 1. The van der Waals surface area contributed by atoms with Crippen molar-refractivity contribution in [1.29, 1.82) is 0 Å². The Morgan fingerprint density at radius 3 is 2.90 bits per heavy atom. The molecule has 0 aliphatic heterocycles. The van der Waals surface area contributed by atoms with Gasteiger partial charge in [-0.05, 0) is 19.1 Å². The normalized spacial score (nSPS) is 10.4. The van der Waals surface area contributed by atoms with Crippen LogP contribution in [-0.2, 0) is 11.2 Å². The quantitative estimate of drug-likeness (QED) is 0.849. The maximum atomic E-state index is 13.4. The lowest BCUT2D eigenvalue weighted by Crippen LogP contribution is -2.35. The molecule has 21 heavy (non-hydrogen) atoms. The van der Waals surface area contributed by atoms with E-state index in [0.717, 1.165) is 5.69 Å². The fraction of sp³-hybridized carbons (Fsp3) is 0.333. The van der Waals surface area contributed by atoms with Crippen molar-refractivity contribution in [2.45, 2.75) is 13.3 Å². The average Bonchev–Trinajstić information content (AvgIpc) is 2.98. The van der Waals surface area contributed by atoms with E-state index >= 15 is 0 Å². The van der Waals surface area contributed by atoms with E-state index in [0.29, 0.717) is 13.1 Å². The first-order valence-electron chi connectivity index (χ1n) is 6.83. The van der Waals surface area contributed by atoms with Crippen molar-refractivity contribution in [3.63, 3.8) is 0 Å². The van der Waals surface area contributed by atoms with Gasteiger partial charge in [-0.15, -0.1) is 0 Å². The number of imidazole rings is 1. The Balaban J connectivity index is 1.82. The molecule has 0 saturated carbocycles. The molecule has 1 amide bonds. The summed E-state index contributed by atoms with van der Waals surface area (Å²) in [6.07, 6.45) is 3.44. The second-order valence-electron chi connectivity index (χ2n) is 4.51. The molecule has 0 radical (unpaired) electrons. The van der Waals surface area contributed by atoms with E-state index < -0.39 is 5.82 Å². The molecule has 5 nitrogen and oxygen atoms in total. The number of aromatic nitrogens is 2. The van der Waals surface area contributed by atoms with Crippen LogP contribution < -0.4 is 4.74 Å². The number of halogens is 1. The Kier molecular flexibility index (Phi) is 5.31. The van der Waals surface area contributed by atoms with Crippen molar-refractivity contribution in [2.24, 2.45) is 0 Å². The van der Waals surface area contributed by atoms with E-state index in [1.165, 1.54) is 6.07 Å². The van der Waals surface area contributed by atoms with Gasteiger partial charge in [-0.3, -0.25) is 4.79 Å². The Hall–Kier alpha value is -2.37. The summed E-state index contributed by atoms with van der Waals surface area (Å²) in [7, 11) is 0. The van der Waals surface area contributed by atoms with Gasteiger partial charge in [-0.25, -0.2) is 9.37 Å². The topological polar surface area (TPSA) is 58.2 Å². The molecule has 0 aliphatic carbocycles. The predicted molar refractivity (Wildman–Crippen MR) is 76.4 cm³/mol. The summed E-state index contributed by atoms with van der Waals surface area (Å²) < 4.78 is 18.8. The minimum atomic E-state index is -0.399. The maximum Gasteiger partial charge on any atom is 0.228 e.